The second-order valence-electron chi connectivity index (χ2n) is 9.81. The molecular formula is C23H31N3O5. The Bertz CT molecular complexity index is 818. The molecular weight excluding hydrogens is 398 g/mol. The van der Waals surface area contributed by atoms with E-state index in [-0.39, 0.29) is 17.6 Å². The number of carboxylic acids is 1. The molecule has 4 bridgehead atoms. The van der Waals surface area contributed by atoms with Gasteiger partial charge < -0.3 is 26.6 Å². The molecule has 4 aliphatic carbocycles. The zero-order chi connectivity index (χ0) is 22.2. The number of phenols is 1. The molecule has 1 aromatic carbocycles. The van der Waals surface area contributed by atoms with Crippen LogP contribution in [0.2, 0.25) is 0 Å². The lowest BCUT2D eigenvalue weighted by molar-refractivity contribution is -0.144. The summed E-state index contributed by atoms with van der Waals surface area (Å²) in [4.78, 5) is 37.0. The van der Waals surface area contributed by atoms with Gasteiger partial charge in [0.2, 0.25) is 11.8 Å². The average Bonchev–Trinajstić information content (AvgIpc) is 2.70. The number of nitrogens with two attached hydrogens (primary N) is 1. The molecule has 4 saturated carbocycles. The molecule has 0 aliphatic heterocycles. The lowest BCUT2D eigenvalue weighted by Crippen LogP contribution is -2.63. The standard InChI is InChI=1S/C23H31N3O5/c24-18(8-13-1-3-17(27)4-2-13)21(30)26-20(22(31)25-12-19(28)29)23-9-14-5-15(10-23)7-16(6-14)11-23/h1-4,14-16,18,20,27H,5-12,24H2,(H,25,31)(H,26,30)(H,28,29)/t14?,15?,16?,18-,20-,23?/m0/s1. The summed E-state index contributed by atoms with van der Waals surface area (Å²) >= 11 is 0. The summed E-state index contributed by atoms with van der Waals surface area (Å²) in [5, 5.41) is 23.8. The topological polar surface area (TPSA) is 142 Å². The van der Waals surface area contributed by atoms with Crippen molar-refractivity contribution in [3.63, 3.8) is 0 Å². The number of carboxylic acid groups (broad SMARTS) is 1. The Balaban J connectivity index is 1.50. The Kier molecular flexibility index (Phi) is 5.92. The number of hydrogen-bond acceptors (Lipinski definition) is 5. The largest absolute Gasteiger partial charge is 0.508 e. The first kappa shape index (κ1) is 21.6. The van der Waals surface area contributed by atoms with Crippen molar-refractivity contribution >= 4 is 17.8 Å². The summed E-state index contributed by atoms with van der Waals surface area (Å²) in [5.41, 5.74) is 6.63. The molecule has 0 radical (unpaired) electrons. The summed E-state index contributed by atoms with van der Waals surface area (Å²) < 4.78 is 0. The predicted octanol–water partition coefficient (Wildman–Crippen LogP) is 1.16. The Morgan fingerprint density at radius 2 is 1.55 bits per heavy atom. The Labute approximate surface area is 181 Å². The number of aromatic hydroxyl groups is 1. The van der Waals surface area contributed by atoms with E-state index in [1.165, 1.54) is 31.4 Å². The van der Waals surface area contributed by atoms with E-state index in [1.807, 2.05) is 0 Å². The monoisotopic (exact) mass is 429 g/mol. The normalized spacial score (nSPS) is 30.4. The van der Waals surface area contributed by atoms with Crippen LogP contribution in [0.4, 0.5) is 0 Å². The van der Waals surface area contributed by atoms with Gasteiger partial charge >= 0.3 is 5.97 Å². The maximum atomic E-state index is 13.1. The Hall–Kier alpha value is -2.61. The highest BCUT2D eigenvalue weighted by Gasteiger charge is 2.56. The number of aliphatic carboxylic acids is 1. The zero-order valence-electron chi connectivity index (χ0n) is 17.5. The molecule has 8 heteroatoms. The van der Waals surface area contributed by atoms with Crippen molar-refractivity contribution in [2.24, 2.45) is 28.9 Å². The number of carbonyl (C=O) groups excluding carboxylic acids is 2. The lowest BCUT2D eigenvalue weighted by Gasteiger charge is -2.59. The fourth-order valence-corrected chi connectivity index (χ4v) is 6.52. The van der Waals surface area contributed by atoms with Crippen molar-refractivity contribution in [3.05, 3.63) is 29.8 Å². The number of carbonyl (C=O) groups is 3. The molecule has 31 heavy (non-hydrogen) atoms. The van der Waals surface area contributed by atoms with Crippen LogP contribution in [-0.2, 0) is 20.8 Å². The summed E-state index contributed by atoms with van der Waals surface area (Å²) in [6, 6.07) is 4.86. The van der Waals surface area contributed by atoms with Crippen LogP contribution >= 0.6 is 0 Å². The van der Waals surface area contributed by atoms with Crippen LogP contribution in [0, 0.1) is 23.2 Å². The molecule has 0 spiro atoms. The third kappa shape index (κ3) is 4.69. The number of amides is 2. The van der Waals surface area contributed by atoms with Gasteiger partial charge in [0, 0.05) is 5.41 Å². The third-order valence-electron chi connectivity index (χ3n) is 7.39. The van der Waals surface area contributed by atoms with Gasteiger partial charge in [-0.25, -0.2) is 0 Å². The van der Waals surface area contributed by atoms with E-state index in [2.05, 4.69) is 10.6 Å². The minimum Gasteiger partial charge on any atom is -0.508 e. The summed E-state index contributed by atoms with van der Waals surface area (Å²) in [6.45, 7) is -0.475. The number of hydrogen-bond donors (Lipinski definition) is 5. The molecule has 0 heterocycles. The smallest absolute Gasteiger partial charge is 0.322 e. The van der Waals surface area contributed by atoms with Gasteiger partial charge in [0.15, 0.2) is 0 Å². The van der Waals surface area contributed by atoms with E-state index in [9.17, 15) is 19.5 Å². The first-order chi connectivity index (χ1) is 14.7. The molecule has 2 atom stereocenters. The first-order valence-electron chi connectivity index (χ1n) is 11.1. The van der Waals surface area contributed by atoms with Gasteiger partial charge in [0.25, 0.3) is 0 Å². The first-order valence-corrected chi connectivity index (χ1v) is 11.1. The van der Waals surface area contributed by atoms with Crippen LogP contribution in [0.25, 0.3) is 0 Å². The maximum absolute atomic E-state index is 13.1. The molecule has 6 N–H and O–H groups in total. The zero-order valence-corrected chi connectivity index (χ0v) is 17.5. The molecule has 0 saturated heterocycles. The second kappa shape index (κ2) is 8.49. The Morgan fingerprint density at radius 1 is 1.00 bits per heavy atom. The fraction of sp³-hybridized carbons (Fsp3) is 0.609. The van der Waals surface area contributed by atoms with Crippen LogP contribution in [0.3, 0.4) is 0 Å². The van der Waals surface area contributed by atoms with E-state index in [0.29, 0.717) is 17.8 Å². The molecule has 4 aliphatic rings. The predicted molar refractivity (Wildman–Crippen MR) is 113 cm³/mol. The number of benzene rings is 1. The van der Waals surface area contributed by atoms with Gasteiger partial charge in [0.05, 0.1) is 6.04 Å². The van der Waals surface area contributed by atoms with Crippen LogP contribution in [-0.4, -0.2) is 46.6 Å². The molecule has 0 aromatic heterocycles. The van der Waals surface area contributed by atoms with E-state index < -0.39 is 36.4 Å². The fourth-order valence-electron chi connectivity index (χ4n) is 6.52. The maximum Gasteiger partial charge on any atom is 0.322 e. The van der Waals surface area contributed by atoms with Crippen molar-refractivity contribution in [2.45, 2.75) is 57.0 Å². The van der Waals surface area contributed by atoms with E-state index in [0.717, 1.165) is 24.8 Å². The van der Waals surface area contributed by atoms with E-state index >= 15 is 0 Å². The van der Waals surface area contributed by atoms with Gasteiger partial charge in [0.1, 0.15) is 18.3 Å². The molecule has 1 aromatic rings. The van der Waals surface area contributed by atoms with Gasteiger partial charge in [-0.1, -0.05) is 12.1 Å². The number of phenolic OH excluding ortho intramolecular Hbond substituents is 1. The molecule has 168 valence electrons. The van der Waals surface area contributed by atoms with Crippen molar-refractivity contribution in [1.29, 1.82) is 0 Å². The lowest BCUT2D eigenvalue weighted by atomic mass is 9.47. The average molecular weight is 430 g/mol. The van der Waals surface area contributed by atoms with Crippen LogP contribution in [0.15, 0.2) is 24.3 Å². The highest BCUT2D eigenvalue weighted by Crippen LogP contribution is 2.61. The highest BCUT2D eigenvalue weighted by atomic mass is 16.4. The van der Waals surface area contributed by atoms with Crippen LogP contribution < -0.4 is 16.4 Å². The van der Waals surface area contributed by atoms with Crippen molar-refractivity contribution in [1.82, 2.24) is 10.6 Å². The number of rotatable bonds is 8. The highest BCUT2D eigenvalue weighted by molar-refractivity contribution is 5.91. The summed E-state index contributed by atoms with van der Waals surface area (Å²) in [6.07, 6.45) is 6.51. The Morgan fingerprint density at radius 3 is 2.06 bits per heavy atom. The minimum atomic E-state index is -1.12. The third-order valence-corrected chi connectivity index (χ3v) is 7.39. The summed E-state index contributed by atoms with van der Waals surface area (Å²) in [7, 11) is 0. The van der Waals surface area contributed by atoms with Gasteiger partial charge in [-0.2, -0.15) is 0 Å². The van der Waals surface area contributed by atoms with Crippen molar-refractivity contribution in [2.75, 3.05) is 6.54 Å². The van der Waals surface area contributed by atoms with Crippen LogP contribution in [0.5, 0.6) is 5.75 Å². The molecule has 5 rings (SSSR count). The number of nitrogens with one attached hydrogen (secondary N) is 2. The molecule has 2 amide bonds. The second-order valence-corrected chi connectivity index (χ2v) is 9.81. The quantitative estimate of drug-likeness (QED) is 0.420. The van der Waals surface area contributed by atoms with Crippen LogP contribution in [0.1, 0.15) is 44.1 Å². The van der Waals surface area contributed by atoms with Gasteiger partial charge in [-0.15, -0.1) is 0 Å². The molecule has 8 nitrogen and oxygen atoms in total. The SMILES string of the molecule is N[C@@H](Cc1ccc(O)cc1)C(=O)N[C@@H](C(=O)NCC(=O)O)C12CC3CC(CC(C3)C1)C2. The van der Waals surface area contributed by atoms with E-state index in [4.69, 9.17) is 10.8 Å². The van der Waals surface area contributed by atoms with Crippen molar-refractivity contribution in [3.8, 4) is 5.75 Å². The van der Waals surface area contributed by atoms with E-state index in [1.54, 1.807) is 12.1 Å². The molecule has 4 fully saturated rings. The minimum absolute atomic E-state index is 0.138. The van der Waals surface area contributed by atoms with Gasteiger partial charge in [-0.05, 0) is 80.4 Å². The summed E-state index contributed by atoms with van der Waals surface area (Å²) in [5.74, 6) is -0.114. The van der Waals surface area contributed by atoms with Crippen molar-refractivity contribution < 1.29 is 24.6 Å². The van der Waals surface area contributed by atoms with Gasteiger partial charge in [-0.3, -0.25) is 14.4 Å². The molecule has 0 unspecified atom stereocenters.